The molecular formula is C16H19BrN2O. The molecule has 1 unspecified atom stereocenters. The van der Waals surface area contributed by atoms with Crippen LogP contribution < -0.4 is 10.1 Å². The quantitative estimate of drug-likeness (QED) is 0.863. The molecule has 1 heterocycles. The number of halogens is 1. The molecule has 0 amide bonds. The fourth-order valence-electron chi connectivity index (χ4n) is 2.11. The molecule has 4 heteroatoms. The highest BCUT2D eigenvalue weighted by Gasteiger charge is 2.08. The number of nitrogens with one attached hydrogen (secondary N) is 1. The first-order valence-electron chi connectivity index (χ1n) is 6.70. The highest BCUT2D eigenvalue weighted by Crippen LogP contribution is 2.20. The Kier molecular flexibility index (Phi) is 5.56. The van der Waals surface area contributed by atoms with E-state index in [-0.39, 0.29) is 0 Å². The molecular weight excluding hydrogens is 316 g/mol. The maximum absolute atomic E-state index is 5.14. The Balaban J connectivity index is 2.01. The molecule has 2 rings (SSSR count). The van der Waals surface area contributed by atoms with Gasteiger partial charge in [-0.15, -0.1) is 0 Å². The van der Waals surface area contributed by atoms with Crippen molar-refractivity contribution in [3.8, 4) is 5.88 Å². The molecule has 0 spiro atoms. The number of pyridine rings is 1. The summed E-state index contributed by atoms with van der Waals surface area (Å²) in [5.74, 6) is 0.654. The van der Waals surface area contributed by atoms with E-state index in [4.69, 9.17) is 4.74 Å². The lowest BCUT2D eigenvalue weighted by atomic mass is 10.0. The standard InChI is InChI=1S/C16H19BrN2O/c1-3-15(13-4-6-14(17)7-5-13)19-11-12-8-9-18-16(10-12)20-2/h4-10,15,19H,3,11H2,1-2H3. The zero-order valence-corrected chi connectivity index (χ0v) is 13.4. The number of methoxy groups -OCH3 is 1. The lowest BCUT2D eigenvalue weighted by Crippen LogP contribution is -2.20. The number of nitrogens with zero attached hydrogens (tertiary/aromatic N) is 1. The van der Waals surface area contributed by atoms with E-state index in [9.17, 15) is 0 Å². The van der Waals surface area contributed by atoms with Crippen LogP contribution in [0, 0.1) is 0 Å². The summed E-state index contributed by atoms with van der Waals surface area (Å²) in [5.41, 5.74) is 2.48. The van der Waals surface area contributed by atoms with Gasteiger partial charge in [-0.3, -0.25) is 0 Å². The Morgan fingerprint density at radius 2 is 2.00 bits per heavy atom. The Bertz CT molecular complexity index is 542. The normalized spacial score (nSPS) is 12.2. The summed E-state index contributed by atoms with van der Waals surface area (Å²) >= 11 is 3.47. The summed E-state index contributed by atoms with van der Waals surface area (Å²) in [4.78, 5) is 4.12. The number of rotatable bonds is 6. The third kappa shape index (κ3) is 4.05. The topological polar surface area (TPSA) is 34.2 Å². The third-order valence-electron chi connectivity index (χ3n) is 3.24. The number of hydrogen-bond acceptors (Lipinski definition) is 3. The summed E-state index contributed by atoms with van der Waals surface area (Å²) in [6.07, 6.45) is 2.82. The minimum atomic E-state index is 0.349. The second-order valence-electron chi connectivity index (χ2n) is 4.60. The van der Waals surface area contributed by atoms with Gasteiger partial charge in [0.25, 0.3) is 0 Å². The van der Waals surface area contributed by atoms with Gasteiger partial charge in [0, 0.05) is 29.3 Å². The van der Waals surface area contributed by atoms with Gasteiger partial charge in [0.2, 0.25) is 5.88 Å². The van der Waals surface area contributed by atoms with Gasteiger partial charge in [-0.1, -0.05) is 35.0 Å². The number of benzene rings is 1. The predicted octanol–water partition coefficient (Wildman–Crippen LogP) is 4.09. The number of aromatic nitrogens is 1. The van der Waals surface area contributed by atoms with Crippen LogP contribution in [0.25, 0.3) is 0 Å². The zero-order valence-electron chi connectivity index (χ0n) is 11.8. The molecule has 0 aliphatic rings. The van der Waals surface area contributed by atoms with Crippen LogP contribution >= 0.6 is 15.9 Å². The maximum Gasteiger partial charge on any atom is 0.213 e. The third-order valence-corrected chi connectivity index (χ3v) is 3.77. The van der Waals surface area contributed by atoms with Gasteiger partial charge in [0.15, 0.2) is 0 Å². The molecule has 1 atom stereocenters. The van der Waals surface area contributed by atoms with Crippen LogP contribution in [-0.4, -0.2) is 12.1 Å². The van der Waals surface area contributed by atoms with E-state index in [2.05, 4.69) is 57.4 Å². The molecule has 0 aliphatic carbocycles. The van der Waals surface area contributed by atoms with Gasteiger partial charge in [0.05, 0.1) is 7.11 Å². The van der Waals surface area contributed by atoms with Crippen LogP contribution in [0.5, 0.6) is 5.88 Å². The van der Waals surface area contributed by atoms with Crippen molar-refractivity contribution in [2.75, 3.05) is 7.11 Å². The van der Waals surface area contributed by atoms with Gasteiger partial charge >= 0.3 is 0 Å². The molecule has 0 aliphatic heterocycles. The van der Waals surface area contributed by atoms with E-state index in [0.717, 1.165) is 17.4 Å². The van der Waals surface area contributed by atoms with Crippen molar-refractivity contribution < 1.29 is 4.74 Å². The summed E-state index contributed by atoms with van der Waals surface area (Å²) in [5, 5.41) is 3.57. The van der Waals surface area contributed by atoms with E-state index >= 15 is 0 Å². The minimum absolute atomic E-state index is 0.349. The average molecular weight is 335 g/mol. The molecule has 3 nitrogen and oxygen atoms in total. The molecule has 2 aromatic rings. The first-order chi connectivity index (χ1) is 9.72. The monoisotopic (exact) mass is 334 g/mol. The summed E-state index contributed by atoms with van der Waals surface area (Å²) in [6.45, 7) is 2.99. The zero-order chi connectivity index (χ0) is 14.4. The van der Waals surface area contributed by atoms with Crippen molar-refractivity contribution in [1.29, 1.82) is 0 Å². The smallest absolute Gasteiger partial charge is 0.213 e. The van der Waals surface area contributed by atoms with E-state index < -0.39 is 0 Å². The van der Waals surface area contributed by atoms with E-state index in [1.54, 1.807) is 13.3 Å². The van der Waals surface area contributed by atoms with E-state index in [1.165, 1.54) is 11.1 Å². The van der Waals surface area contributed by atoms with Crippen molar-refractivity contribution in [1.82, 2.24) is 10.3 Å². The molecule has 0 saturated carbocycles. The van der Waals surface area contributed by atoms with Gasteiger partial charge in [0.1, 0.15) is 0 Å². The van der Waals surface area contributed by atoms with Gasteiger partial charge in [-0.25, -0.2) is 4.98 Å². The molecule has 1 N–H and O–H groups in total. The largest absolute Gasteiger partial charge is 0.481 e. The summed E-state index contributed by atoms with van der Waals surface area (Å²) in [7, 11) is 1.64. The average Bonchev–Trinajstić information content (AvgIpc) is 2.50. The predicted molar refractivity (Wildman–Crippen MR) is 84.8 cm³/mol. The Labute approximate surface area is 128 Å². The minimum Gasteiger partial charge on any atom is -0.481 e. The summed E-state index contributed by atoms with van der Waals surface area (Å²) < 4.78 is 6.25. The van der Waals surface area contributed by atoms with Crippen molar-refractivity contribution in [3.63, 3.8) is 0 Å². The van der Waals surface area contributed by atoms with Gasteiger partial charge in [-0.05, 0) is 35.7 Å². The van der Waals surface area contributed by atoms with Crippen molar-refractivity contribution in [2.24, 2.45) is 0 Å². The van der Waals surface area contributed by atoms with Crippen molar-refractivity contribution in [2.45, 2.75) is 25.9 Å². The van der Waals surface area contributed by atoms with Crippen LogP contribution in [0.15, 0.2) is 47.1 Å². The Hall–Kier alpha value is -1.39. The fraction of sp³-hybridized carbons (Fsp3) is 0.312. The first kappa shape index (κ1) is 15.0. The second-order valence-corrected chi connectivity index (χ2v) is 5.52. The van der Waals surface area contributed by atoms with Crippen LogP contribution in [0.2, 0.25) is 0 Å². The second kappa shape index (κ2) is 7.41. The lowest BCUT2D eigenvalue weighted by molar-refractivity contribution is 0.396. The summed E-state index contributed by atoms with van der Waals surface area (Å²) in [6, 6.07) is 12.8. The first-order valence-corrected chi connectivity index (χ1v) is 7.50. The molecule has 0 bridgehead atoms. The molecule has 0 radical (unpaired) electrons. The molecule has 106 valence electrons. The van der Waals surface area contributed by atoms with E-state index in [1.807, 2.05) is 12.1 Å². The molecule has 0 saturated heterocycles. The lowest BCUT2D eigenvalue weighted by Gasteiger charge is -2.17. The van der Waals surface area contributed by atoms with Gasteiger partial charge in [-0.2, -0.15) is 0 Å². The maximum atomic E-state index is 5.14. The molecule has 0 fully saturated rings. The SMILES string of the molecule is CCC(NCc1ccnc(OC)c1)c1ccc(Br)cc1. The molecule has 1 aromatic heterocycles. The van der Waals surface area contributed by atoms with Crippen molar-refractivity contribution >= 4 is 15.9 Å². The number of hydrogen-bond donors (Lipinski definition) is 1. The highest BCUT2D eigenvalue weighted by atomic mass is 79.9. The Morgan fingerprint density at radius 3 is 2.65 bits per heavy atom. The van der Waals surface area contributed by atoms with E-state index in [0.29, 0.717) is 11.9 Å². The Morgan fingerprint density at radius 1 is 1.25 bits per heavy atom. The van der Waals surface area contributed by atoms with Crippen LogP contribution in [0.4, 0.5) is 0 Å². The van der Waals surface area contributed by atoms with Crippen LogP contribution in [0.3, 0.4) is 0 Å². The van der Waals surface area contributed by atoms with Crippen LogP contribution in [0.1, 0.15) is 30.5 Å². The van der Waals surface area contributed by atoms with Crippen molar-refractivity contribution in [3.05, 3.63) is 58.2 Å². The molecule has 20 heavy (non-hydrogen) atoms. The number of ether oxygens (including phenoxy) is 1. The molecule has 1 aromatic carbocycles. The van der Waals surface area contributed by atoms with Crippen LogP contribution in [-0.2, 0) is 6.54 Å². The van der Waals surface area contributed by atoms with Gasteiger partial charge < -0.3 is 10.1 Å². The highest BCUT2D eigenvalue weighted by molar-refractivity contribution is 9.10. The fourth-order valence-corrected chi connectivity index (χ4v) is 2.37.